The van der Waals surface area contributed by atoms with Gasteiger partial charge >= 0.3 is 0 Å². The molecule has 1 aliphatic rings. The van der Waals surface area contributed by atoms with Crippen LogP contribution in [0.2, 0.25) is 0 Å². The fraction of sp³-hybridized carbons (Fsp3) is 0.500. The van der Waals surface area contributed by atoms with Gasteiger partial charge in [0, 0.05) is 0 Å². The number of nitrogens with two attached hydrogens (primary N) is 1. The Morgan fingerprint density at radius 3 is 2.86 bits per heavy atom. The van der Waals surface area contributed by atoms with E-state index in [1.54, 1.807) is 0 Å². The second kappa shape index (κ2) is 6.22. The molecule has 0 fully saturated rings. The molecule has 0 amide bonds. The maximum atomic E-state index is 5.79. The molecule has 0 aliphatic heterocycles. The minimum Gasteiger partial charge on any atom is -0.271 e. The van der Waals surface area contributed by atoms with Crippen molar-refractivity contribution in [1.82, 2.24) is 15.0 Å². The number of nitrogens with one attached hydrogen (secondary N) is 1. The monoisotopic (exact) mass is 302 g/mol. The fourth-order valence-corrected chi connectivity index (χ4v) is 3.93. The SMILES string of the molecule is CC(C)c1nnsc1C(Cc1ccc2c(c1)CCC2)NN. The van der Waals surface area contributed by atoms with Crippen LogP contribution in [0.5, 0.6) is 0 Å². The molecule has 1 heterocycles. The lowest BCUT2D eigenvalue weighted by atomic mass is 9.98. The lowest BCUT2D eigenvalue weighted by Gasteiger charge is -2.17. The quantitative estimate of drug-likeness (QED) is 0.658. The summed E-state index contributed by atoms with van der Waals surface area (Å²) in [6.45, 7) is 4.28. The van der Waals surface area contributed by atoms with Gasteiger partial charge in [0.2, 0.25) is 0 Å². The van der Waals surface area contributed by atoms with Gasteiger partial charge < -0.3 is 0 Å². The summed E-state index contributed by atoms with van der Waals surface area (Å²) in [6.07, 6.45) is 4.61. The van der Waals surface area contributed by atoms with Crippen molar-refractivity contribution in [2.75, 3.05) is 0 Å². The Labute approximate surface area is 129 Å². The average molecular weight is 302 g/mol. The molecule has 0 saturated heterocycles. The van der Waals surface area contributed by atoms with Crippen LogP contribution in [0.3, 0.4) is 0 Å². The topological polar surface area (TPSA) is 63.8 Å². The summed E-state index contributed by atoms with van der Waals surface area (Å²) in [5.41, 5.74) is 8.36. The van der Waals surface area contributed by atoms with Crippen molar-refractivity contribution in [3.63, 3.8) is 0 Å². The summed E-state index contributed by atoms with van der Waals surface area (Å²) in [5.74, 6) is 6.16. The van der Waals surface area contributed by atoms with Gasteiger partial charge in [0.05, 0.1) is 16.6 Å². The molecular formula is C16H22N4S. The number of aromatic nitrogens is 2. The van der Waals surface area contributed by atoms with E-state index in [-0.39, 0.29) is 6.04 Å². The van der Waals surface area contributed by atoms with Gasteiger partial charge in [-0.1, -0.05) is 36.5 Å². The molecule has 3 N–H and O–H groups in total. The molecule has 0 radical (unpaired) electrons. The van der Waals surface area contributed by atoms with Crippen LogP contribution in [0.15, 0.2) is 18.2 Å². The number of hydrogen-bond donors (Lipinski definition) is 2. The Morgan fingerprint density at radius 2 is 2.10 bits per heavy atom. The average Bonchev–Trinajstić information content (AvgIpc) is 3.12. The normalized spacial score (nSPS) is 15.4. The van der Waals surface area contributed by atoms with Crippen LogP contribution in [0.4, 0.5) is 0 Å². The number of hydrogen-bond acceptors (Lipinski definition) is 5. The van der Waals surface area contributed by atoms with E-state index in [9.17, 15) is 0 Å². The molecule has 4 nitrogen and oxygen atoms in total. The summed E-state index contributed by atoms with van der Waals surface area (Å²) in [5, 5.41) is 4.26. The minimum absolute atomic E-state index is 0.0850. The zero-order valence-electron chi connectivity index (χ0n) is 12.6. The first-order valence-corrected chi connectivity index (χ1v) is 8.35. The van der Waals surface area contributed by atoms with Gasteiger partial charge in [-0.25, -0.2) is 0 Å². The molecule has 112 valence electrons. The molecule has 0 spiro atoms. The second-order valence-corrected chi connectivity index (χ2v) is 6.84. The first-order valence-electron chi connectivity index (χ1n) is 7.58. The number of fused-ring (bicyclic) bond motifs is 1. The van der Waals surface area contributed by atoms with Gasteiger partial charge in [-0.05, 0) is 59.8 Å². The maximum absolute atomic E-state index is 5.79. The van der Waals surface area contributed by atoms with Crippen molar-refractivity contribution in [3.05, 3.63) is 45.5 Å². The highest BCUT2D eigenvalue weighted by atomic mass is 32.1. The first kappa shape index (κ1) is 14.6. The second-order valence-electron chi connectivity index (χ2n) is 6.06. The molecule has 1 aromatic heterocycles. The van der Waals surface area contributed by atoms with E-state index in [1.165, 1.54) is 47.5 Å². The predicted octanol–water partition coefficient (Wildman–Crippen LogP) is 2.90. The molecule has 2 aromatic rings. The van der Waals surface area contributed by atoms with Crippen LogP contribution in [0.1, 0.15) is 59.5 Å². The number of nitrogens with zero attached hydrogens (tertiary/aromatic N) is 2. The largest absolute Gasteiger partial charge is 0.271 e. The van der Waals surface area contributed by atoms with Crippen LogP contribution >= 0.6 is 11.5 Å². The van der Waals surface area contributed by atoms with E-state index >= 15 is 0 Å². The van der Waals surface area contributed by atoms with Crippen molar-refractivity contribution in [2.45, 2.75) is 51.5 Å². The summed E-state index contributed by atoms with van der Waals surface area (Å²) in [4.78, 5) is 1.16. The van der Waals surface area contributed by atoms with Crippen LogP contribution in [-0.2, 0) is 19.3 Å². The molecular weight excluding hydrogens is 280 g/mol. The Balaban J connectivity index is 1.82. The Kier molecular flexibility index (Phi) is 4.33. The molecule has 1 aliphatic carbocycles. The van der Waals surface area contributed by atoms with Gasteiger partial charge in [-0.3, -0.25) is 11.3 Å². The van der Waals surface area contributed by atoms with Crippen LogP contribution in [0.25, 0.3) is 0 Å². The Morgan fingerprint density at radius 1 is 1.29 bits per heavy atom. The van der Waals surface area contributed by atoms with Crippen LogP contribution < -0.4 is 11.3 Å². The van der Waals surface area contributed by atoms with Crippen molar-refractivity contribution < 1.29 is 0 Å². The number of aryl methyl sites for hydroxylation is 2. The highest BCUT2D eigenvalue weighted by molar-refractivity contribution is 7.05. The molecule has 1 atom stereocenters. The molecule has 0 bridgehead atoms. The first-order chi connectivity index (χ1) is 10.2. The fourth-order valence-electron chi connectivity index (χ4n) is 3.06. The van der Waals surface area contributed by atoms with E-state index in [0.29, 0.717) is 5.92 Å². The summed E-state index contributed by atoms with van der Waals surface area (Å²) < 4.78 is 4.11. The lowest BCUT2D eigenvalue weighted by molar-refractivity contribution is 0.551. The van der Waals surface area contributed by atoms with E-state index in [1.807, 2.05) is 0 Å². The minimum atomic E-state index is 0.0850. The zero-order chi connectivity index (χ0) is 14.8. The molecule has 5 heteroatoms. The summed E-state index contributed by atoms with van der Waals surface area (Å²) >= 11 is 1.45. The Bertz CT molecular complexity index is 620. The number of hydrazine groups is 1. The zero-order valence-corrected chi connectivity index (χ0v) is 13.4. The highest BCUT2D eigenvalue weighted by Gasteiger charge is 2.21. The maximum Gasteiger partial charge on any atom is 0.0829 e. The standard InChI is InChI=1S/C16H22N4S/c1-10(2)15-16(21-20-19-15)14(18-17)9-11-6-7-12-4-3-5-13(12)8-11/h6-8,10,14,18H,3-5,9,17H2,1-2H3. The van der Waals surface area contributed by atoms with E-state index in [2.05, 4.69) is 47.1 Å². The van der Waals surface area contributed by atoms with Crippen molar-refractivity contribution >= 4 is 11.5 Å². The highest BCUT2D eigenvalue weighted by Crippen LogP contribution is 2.29. The van der Waals surface area contributed by atoms with E-state index in [0.717, 1.165) is 17.0 Å². The van der Waals surface area contributed by atoms with E-state index in [4.69, 9.17) is 5.84 Å². The lowest BCUT2D eigenvalue weighted by Crippen LogP contribution is -2.29. The van der Waals surface area contributed by atoms with Gasteiger partial charge in [0.25, 0.3) is 0 Å². The number of rotatable bonds is 5. The summed E-state index contributed by atoms with van der Waals surface area (Å²) in [7, 11) is 0. The Hall–Kier alpha value is -1.30. The van der Waals surface area contributed by atoms with Gasteiger partial charge in [0.15, 0.2) is 0 Å². The van der Waals surface area contributed by atoms with Crippen LogP contribution in [0, 0.1) is 0 Å². The summed E-state index contributed by atoms with van der Waals surface area (Å²) in [6, 6.07) is 6.94. The predicted molar refractivity (Wildman–Crippen MR) is 86.2 cm³/mol. The van der Waals surface area contributed by atoms with Gasteiger partial charge in [0.1, 0.15) is 0 Å². The molecule has 1 unspecified atom stereocenters. The molecule has 21 heavy (non-hydrogen) atoms. The van der Waals surface area contributed by atoms with Crippen molar-refractivity contribution in [3.8, 4) is 0 Å². The molecule has 1 aromatic carbocycles. The smallest absolute Gasteiger partial charge is 0.0829 e. The van der Waals surface area contributed by atoms with E-state index < -0.39 is 0 Å². The van der Waals surface area contributed by atoms with Crippen molar-refractivity contribution in [2.24, 2.45) is 5.84 Å². The van der Waals surface area contributed by atoms with Gasteiger partial charge in [-0.15, -0.1) is 5.10 Å². The molecule has 0 saturated carbocycles. The molecule has 3 rings (SSSR count). The van der Waals surface area contributed by atoms with Crippen LogP contribution in [-0.4, -0.2) is 9.59 Å². The number of benzene rings is 1. The third-order valence-corrected chi connectivity index (χ3v) is 5.06. The third kappa shape index (κ3) is 3.00. The third-order valence-electron chi connectivity index (χ3n) is 4.21. The van der Waals surface area contributed by atoms with Gasteiger partial charge in [-0.2, -0.15) is 0 Å². The van der Waals surface area contributed by atoms with Crippen molar-refractivity contribution in [1.29, 1.82) is 0 Å².